The second-order valence-corrected chi connectivity index (χ2v) is 5.36. The van der Waals surface area contributed by atoms with E-state index in [1.54, 1.807) is 11.3 Å². The lowest BCUT2D eigenvalue weighted by molar-refractivity contribution is 0.198. The molecule has 0 aliphatic rings. The summed E-state index contributed by atoms with van der Waals surface area (Å²) in [4.78, 5) is 0. The molecule has 1 heterocycles. The van der Waals surface area contributed by atoms with E-state index in [1.807, 2.05) is 55.8 Å². The molecule has 96 valence electrons. The van der Waals surface area contributed by atoms with E-state index in [9.17, 15) is 5.11 Å². The van der Waals surface area contributed by atoms with Crippen LogP contribution in [0.2, 0.25) is 0 Å². The average Bonchev–Trinajstić information content (AvgIpc) is 2.74. The van der Waals surface area contributed by atoms with Gasteiger partial charge in [0.1, 0.15) is 11.9 Å². The molecule has 1 unspecified atom stereocenters. The predicted molar refractivity (Wildman–Crippen MR) is 75.3 cm³/mol. The fraction of sp³-hybridized carbons (Fsp3) is 0.333. The largest absolute Gasteiger partial charge is 0.491 e. The molecule has 2 aromatic rings. The lowest BCUT2D eigenvalue weighted by atomic mass is 10.0. The van der Waals surface area contributed by atoms with Crippen LogP contribution in [0.3, 0.4) is 0 Å². The second kappa shape index (κ2) is 5.55. The summed E-state index contributed by atoms with van der Waals surface area (Å²) in [5.74, 6) is 0.755. The highest BCUT2D eigenvalue weighted by molar-refractivity contribution is 7.08. The van der Waals surface area contributed by atoms with Crippen LogP contribution in [-0.2, 0) is 0 Å². The van der Waals surface area contributed by atoms with Gasteiger partial charge in [0.05, 0.1) is 6.10 Å². The molecule has 0 bridgehead atoms. The first-order chi connectivity index (χ1) is 8.59. The molecule has 2 nitrogen and oxygen atoms in total. The van der Waals surface area contributed by atoms with Crippen molar-refractivity contribution in [2.45, 2.75) is 33.0 Å². The zero-order chi connectivity index (χ0) is 13.1. The highest BCUT2D eigenvalue weighted by Crippen LogP contribution is 2.33. The fourth-order valence-electron chi connectivity index (χ4n) is 1.89. The lowest BCUT2D eigenvalue weighted by Gasteiger charge is -2.18. The Morgan fingerprint density at radius 1 is 1.11 bits per heavy atom. The van der Waals surface area contributed by atoms with Gasteiger partial charge in [0.15, 0.2) is 0 Å². The van der Waals surface area contributed by atoms with Crippen LogP contribution in [0.25, 0.3) is 0 Å². The van der Waals surface area contributed by atoms with Crippen molar-refractivity contribution in [3.05, 3.63) is 51.7 Å². The molecule has 1 N–H and O–H groups in total. The van der Waals surface area contributed by atoms with Crippen LogP contribution < -0.4 is 4.74 Å². The van der Waals surface area contributed by atoms with Crippen molar-refractivity contribution in [1.29, 1.82) is 0 Å². The van der Waals surface area contributed by atoms with Gasteiger partial charge in [0, 0.05) is 5.56 Å². The molecule has 0 saturated carbocycles. The molecule has 0 spiro atoms. The maximum atomic E-state index is 10.5. The van der Waals surface area contributed by atoms with Gasteiger partial charge in [-0.3, -0.25) is 0 Å². The van der Waals surface area contributed by atoms with E-state index >= 15 is 0 Å². The summed E-state index contributed by atoms with van der Waals surface area (Å²) >= 11 is 1.61. The minimum Gasteiger partial charge on any atom is -0.491 e. The van der Waals surface area contributed by atoms with Crippen LogP contribution in [0, 0.1) is 6.92 Å². The monoisotopic (exact) mass is 262 g/mol. The Labute approximate surface area is 112 Å². The van der Waals surface area contributed by atoms with Gasteiger partial charge in [-0.15, -0.1) is 0 Å². The van der Waals surface area contributed by atoms with Crippen molar-refractivity contribution < 1.29 is 9.84 Å². The quantitative estimate of drug-likeness (QED) is 0.904. The summed E-state index contributed by atoms with van der Waals surface area (Å²) in [6.45, 7) is 5.99. The Morgan fingerprint density at radius 2 is 1.83 bits per heavy atom. The molecule has 0 saturated heterocycles. The molecular weight excluding hydrogens is 244 g/mol. The molecule has 2 rings (SSSR count). The lowest BCUT2D eigenvalue weighted by Crippen LogP contribution is -2.10. The summed E-state index contributed by atoms with van der Waals surface area (Å²) < 4.78 is 5.75. The van der Waals surface area contributed by atoms with Crippen molar-refractivity contribution in [3.63, 3.8) is 0 Å². The van der Waals surface area contributed by atoms with Crippen molar-refractivity contribution in [3.8, 4) is 5.75 Å². The number of thiophene rings is 1. The van der Waals surface area contributed by atoms with Gasteiger partial charge in [-0.1, -0.05) is 18.2 Å². The topological polar surface area (TPSA) is 29.5 Å². The van der Waals surface area contributed by atoms with E-state index < -0.39 is 6.10 Å². The number of benzene rings is 1. The highest BCUT2D eigenvalue weighted by Gasteiger charge is 2.18. The predicted octanol–water partition coefficient (Wildman–Crippen LogP) is 3.93. The molecule has 0 radical (unpaired) electrons. The Kier molecular flexibility index (Phi) is 4.04. The zero-order valence-corrected chi connectivity index (χ0v) is 11.7. The van der Waals surface area contributed by atoms with E-state index in [-0.39, 0.29) is 6.10 Å². The third kappa shape index (κ3) is 2.74. The molecule has 0 amide bonds. The number of aryl methyl sites for hydroxylation is 1. The zero-order valence-electron chi connectivity index (χ0n) is 10.9. The fourth-order valence-corrected chi connectivity index (χ4v) is 2.76. The molecule has 18 heavy (non-hydrogen) atoms. The minimum absolute atomic E-state index is 0.0990. The maximum absolute atomic E-state index is 10.5. The van der Waals surface area contributed by atoms with E-state index in [4.69, 9.17) is 4.74 Å². The average molecular weight is 262 g/mol. The van der Waals surface area contributed by atoms with Crippen LogP contribution in [0.4, 0.5) is 0 Å². The van der Waals surface area contributed by atoms with Crippen LogP contribution in [0.5, 0.6) is 5.75 Å². The van der Waals surface area contributed by atoms with E-state index in [1.165, 1.54) is 0 Å². The normalized spacial score (nSPS) is 12.7. The number of ether oxygens (including phenoxy) is 1. The van der Waals surface area contributed by atoms with Crippen LogP contribution >= 0.6 is 11.3 Å². The number of aliphatic hydroxyl groups is 1. The van der Waals surface area contributed by atoms with Gasteiger partial charge in [-0.25, -0.2) is 0 Å². The van der Waals surface area contributed by atoms with Crippen molar-refractivity contribution >= 4 is 11.3 Å². The molecule has 3 heteroatoms. The van der Waals surface area contributed by atoms with Gasteiger partial charge < -0.3 is 9.84 Å². The molecule has 0 fully saturated rings. The van der Waals surface area contributed by atoms with Crippen molar-refractivity contribution in [1.82, 2.24) is 0 Å². The summed E-state index contributed by atoms with van der Waals surface area (Å²) in [6, 6.07) is 7.67. The van der Waals surface area contributed by atoms with Crippen LogP contribution in [0.1, 0.15) is 36.6 Å². The molecule has 0 aliphatic carbocycles. The van der Waals surface area contributed by atoms with Crippen molar-refractivity contribution in [2.24, 2.45) is 0 Å². The number of para-hydroxylation sites is 1. The first-order valence-electron chi connectivity index (χ1n) is 6.06. The second-order valence-electron chi connectivity index (χ2n) is 4.62. The summed E-state index contributed by atoms with van der Waals surface area (Å²) in [6.07, 6.45) is -0.520. The molecule has 1 atom stereocenters. The number of rotatable bonds is 4. The van der Waals surface area contributed by atoms with Gasteiger partial charge in [-0.05, 0) is 48.7 Å². The first-order valence-corrected chi connectivity index (χ1v) is 7.00. The van der Waals surface area contributed by atoms with Gasteiger partial charge >= 0.3 is 0 Å². The summed E-state index contributed by atoms with van der Waals surface area (Å²) in [5.41, 5.74) is 2.90. The smallest absolute Gasteiger partial charge is 0.125 e. The number of hydrogen-bond acceptors (Lipinski definition) is 3. The van der Waals surface area contributed by atoms with E-state index in [2.05, 4.69) is 0 Å². The van der Waals surface area contributed by atoms with Crippen LogP contribution in [0.15, 0.2) is 35.0 Å². The molecular formula is C15H18O2S. The minimum atomic E-state index is -0.619. The molecule has 0 aliphatic heterocycles. The molecule has 1 aromatic heterocycles. The SMILES string of the molecule is Cc1cscc1C(O)c1ccccc1OC(C)C. The Morgan fingerprint density at radius 3 is 2.44 bits per heavy atom. The van der Waals surface area contributed by atoms with Gasteiger partial charge in [0.2, 0.25) is 0 Å². The first kappa shape index (κ1) is 13.1. The Bertz CT molecular complexity index is 517. The third-order valence-corrected chi connectivity index (χ3v) is 3.65. The van der Waals surface area contributed by atoms with Gasteiger partial charge in [0.25, 0.3) is 0 Å². The maximum Gasteiger partial charge on any atom is 0.125 e. The summed E-state index contributed by atoms with van der Waals surface area (Å²) in [5, 5.41) is 14.5. The van der Waals surface area contributed by atoms with Crippen molar-refractivity contribution in [2.75, 3.05) is 0 Å². The standard InChI is InChI=1S/C15H18O2S/c1-10(2)17-14-7-5-4-6-12(14)15(16)13-9-18-8-11(13)3/h4-10,15-16H,1-3H3. The van der Waals surface area contributed by atoms with Gasteiger partial charge in [-0.2, -0.15) is 11.3 Å². The summed E-state index contributed by atoms with van der Waals surface area (Å²) in [7, 11) is 0. The third-order valence-electron chi connectivity index (χ3n) is 2.77. The Hall–Kier alpha value is -1.32. The molecule has 1 aromatic carbocycles. The highest BCUT2D eigenvalue weighted by atomic mass is 32.1. The van der Waals surface area contributed by atoms with Crippen LogP contribution in [-0.4, -0.2) is 11.2 Å². The van der Waals surface area contributed by atoms with E-state index in [0.717, 1.165) is 22.4 Å². The number of hydrogen-bond donors (Lipinski definition) is 1. The van der Waals surface area contributed by atoms with E-state index in [0.29, 0.717) is 0 Å². The Balaban J connectivity index is 2.36. The number of aliphatic hydroxyl groups excluding tert-OH is 1.